The highest BCUT2D eigenvalue weighted by Gasteiger charge is 2.17. The third-order valence-electron chi connectivity index (χ3n) is 3.54. The molecular weight excluding hydrogens is 332 g/mol. The molecule has 0 aliphatic rings. The Balaban J connectivity index is 0.00000529. The molecule has 7 heteroatoms. The highest BCUT2D eigenvalue weighted by molar-refractivity contribution is 5.85. The second-order valence-corrected chi connectivity index (χ2v) is 5.77. The molecule has 0 aliphatic heterocycles. The lowest BCUT2D eigenvalue weighted by Crippen LogP contribution is -2.42. The Morgan fingerprint density at radius 2 is 1.75 bits per heavy atom. The summed E-state index contributed by atoms with van der Waals surface area (Å²) in [7, 11) is 4.72. The first-order valence-electron chi connectivity index (χ1n) is 7.75. The van der Waals surface area contributed by atoms with Crippen molar-refractivity contribution >= 4 is 18.3 Å². The van der Waals surface area contributed by atoms with E-state index in [1.165, 1.54) is 0 Å². The van der Waals surface area contributed by atoms with Crippen molar-refractivity contribution in [2.75, 3.05) is 27.9 Å². The van der Waals surface area contributed by atoms with E-state index in [2.05, 4.69) is 5.32 Å². The minimum atomic E-state index is -0.470. The van der Waals surface area contributed by atoms with Gasteiger partial charge >= 0.3 is 0 Å². The van der Waals surface area contributed by atoms with Gasteiger partial charge in [0.25, 0.3) is 0 Å². The first-order chi connectivity index (χ1) is 10.9. The number of carbonyl (C=O) groups is 1. The molecule has 0 radical (unpaired) electrons. The van der Waals surface area contributed by atoms with E-state index in [0.29, 0.717) is 42.6 Å². The Labute approximate surface area is 150 Å². The van der Waals surface area contributed by atoms with E-state index in [1.807, 2.05) is 26.0 Å². The van der Waals surface area contributed by atoms with Gasteiger partial charge in [0.05, 0.1) is 27.4 Å². The van der Waals surface area contributed by atoms with Gasteiger partial charge < -0.3 is 25.3 Å². The van der Waals surface area contributed by atoms with E-state index in [4.69, 9.17) is 19.9 Å². The summed E-state index contributed by atoms with van der Waals surface area (Å²) in [6.07, 6.45) is 1.29. The molecule has 24 heavy (non-hydrogen) atoms. The molecule has 6 nitrogen and oxygen atoms in total. The zero-order valence-corrected chi connectivity index (χ0v) is 15.9. The standard InChI is InChI=1S/C17H28N2O4.ClH/c1-11(2)10-13(18)17(20)19-9-8-12-6-7-14(21-3)16(23-5)15(12)22-4;/h6-7,11,13H,8-10,18H2,1-5H3,(H,19,20);1H/t13-;/m0./s1. The Morgan fingerprint density at radius 1 is 1.12 bits per heavy atom. The van der Waals surface area contributed by atoms with Crippen molar-refractivity contribution in [1.82, 2.24) is 5.32 Å². The molecule has 1 amide bonds. The predicted molar refractivity (Wildman–Crippen MR) is 97.5 cm³/mol. The quantitative estimate of drug-likeness (QED) is 0.705. The SMILES string of the molecule is COc1ccc(CCNC(=O)[C@@H](N)CC(C)C)c(OC)c1OC.Cl. The van der Waals surface area contributed by atoms with Gasteiger partial charge in [0.1, 0.15) is 0 Å². The molecule has 0 bridgehead atoms. The van der Waals surface area contributed by atoms with Gasteiger partial charge in [0.15, 0.2) is 11.5 Å². The molecule has 1 rings (SSSR count). The topological polar surface area (TPSA) is 82.8 Å². The zero-order valence-electron chi connectivity index (χ0n) is 15.0. The maximum atomic E-state index is 11.9. The van der Waals surface area contributed by atoms with Gasteiger partial charge in [-0.2, -0.15) is 0 Å². The number of rotatable bonds is 9. The van der Waals surface area contributed by atoms with Gasteiger partial charge in [-0.1, -0.05) is 19.9 Å². The lowest BCUT2D eigenvalue weighted by atomic mass is 10.0. The highest BCUT2D eigenvalue weighted by atomic mass is 35.5. The number of hydrogen-bond acceptors (Lipinski definition) is 5. The molecule has 0 heterocycles. The van der Waals surface area contributed by atoms with Gasteiger partial charge in [-0.3, -0.25) is 4.79 Å². The maximum absolute atomic E-state index is 11.9. The molecule has 3 N–H and O–H groups in total. The molecule has 0 saturated carbocycles. The number of carbonyl (C=O) groups excluding carboxylic acids is 1. The van der Waals surface area contributed by atoms with Crippen LogP contribution < -0.4 is 25.3 Å². The number of amides is 1. The fourth-order valence-corrected chi connectivity index (χ4v) is 2.43. The van der Waals surface area contributed by atoms with Crippen LogP contribution in [0.3, 0.4) is 0 Å². The highest BCUT2D eigenvalue weighted by Crippen LogP contribution is 2.39. The Kier molecular flexibility index (Phi) is 10.2. The van der Waals surface area contributed by atoms with Gasteiger partial charge in [0.2, 0.25) is 11.7 Å². The maximum Gasteiger partial charge on any atom is 0.236 e. The Bertz CT molecular complexity index is 524. The summed E-state index contributed by atoms with van der Waals surface area (Å²) in [5.74, 6) is 2.04. The third-order valence-corrected chi connectivity index (χ3v) is 3.54. The van der Waals surface area contributed by atoms with Gasteiger partial charge in [-0.05, 0) is 24.8 Å². The van der Waals surface area contributed by atoms with Crippen LogP contribution >= 0.6 is 12.4 Å². The summed E-state index contributed by atoms with van der Waals surface area (Å²) in [4.78, 5) is 11.9. The molecule has 138 valence electrons. The molecule has 0 fully saturated rings. The normalized spacial score (nSPS) is 11.5. The van der Waals surface area contributed by atoms with Crippen molar-refractivity contribution in [3.8, 4) is 17.2 Å². The molecule has 1 atom stereocenters. The van der Waals surface area contributed by atoms with Crippen LogP contribution in [-0.4, -0.2) is 39.8 Å². The molecule has 0 spiro atoms. The van der Waals surface area contributed by atoms with Gasteiger partial charge in [0, 0.05) is 12.1 Å². The molecule has 0 unspecified atom stereocenters. The van der Waals surface area contributed by atoms with E-state index >= 15 is 0 Å². The van der Waals surface area contributed by atoms with Crippen molar-refractivity contribution in [2.24, 2.45) is 11.7 Å². The minimum absolute atomic E-state index is 0. The van der Waals surface area contributed by atoms with E-state index in [9.17, 15) is 4.79 Å². The number of benzene rings is 1. The van der Waals surface area contributed by atoms with E-state index in [1.54, 1.807) is 21.3 Å². The second kappa shape index (κ2) is 11.0. The summed E-state index contributed by atoms with van der Waals surface area (Å²) in [6, 6.07) is 3.26. The lowest BCUT2D eigenvalue weighted by Gasteiger charge is -2.17. The smallest absolute Gasteiger partial charge is 0.236 e. The fourth-order valence-electron chi connectivity index (χ4n) is 2.43. The number of hydrogen-bond donors (Lipinski definition) is 2. The number of methoxy groups -OCH3 is 3. The minimum Gasteiger partial charge on any atom is -0.493 e. The van der Waals surface area contributed by atoms with Crippen LogP contribution in [0.4, 0.5) is 0 Å². The van der Waals surface area contributed by atoms with Crippen LogP contribution in [0.1, 0.15) is 25.8 Å². The molecule has 0 saturated heterocycles. The van der Waals surface area contributed by atoms with Gasteiger partial charge in [-0.15, -0.1) is 12.4 Å². The van der Waals surface area contributed by atoms with Crippen molar-refractivity contribution in [3.05, 3.63) is 17.7 Å². The summed E-state index contributed by atoms with van der Waals surface area (Å²) < 4.78 is 16.0. The molecule has 1 aromatic carbocycles. The van der Waals surface area contributed by atoms with Crippen molar-refractivity contribution in [1.29, 1.82) is 0 Å². The lowest BCUT2D eigenvalue weighted by molar-refractivity contribution is -0.122. The molecule has 1 aromatic rings. The van der Waals surface area contributed by atoms with Crippen LogP contribution in [0.5, 0.6) is 17.2 Å². The third kappa shape index (κ3) is 6.09. The predicted octanol–water partition coefficient (Wildman–Crippen LogP) is 2.17. The largest absolute Gasteiger partial charge is 0.493 e. The van der Waals surface area contributed by atoms with E-state index in [-0.39, 0.29) is 18.3 Å². The summed E-state index contributed by atoms with van der Waals surface area (Å²) in [5, 5.41) is 2.86. The summed E-state index contributed by atoms with van der Waals surface area (Å²) in [5.41, 5.74) is 6.80. The first-order valence-corrected chi connectivity index (χ1v) is 7.75. The first kappa shape index (κ1) is 22.3. The molecule has 0 aliphatic carbocycles. The fraction of sp³-hybridized carbons (Fsp3) is 0.588. The van der Waals surface area contributed by atoms with Gasteiger partial charge in [-0.25, -0.2) is 0 Å². The van der Waals surface area contributed by atoms with E-state index in [0.717, 1.165) is 5.56 Å². The number of halogens is 1. The number of nitrogens with two attached hydrogens (primary N) is 1. The van der Waals surface area contributed by atoms with Crippen molar-refractivity contribution in [3.63, 3.8) is 0 Å². The van der Waals surface area contributed by atoms with Crippen molar-refractivity contribution < 1.29 is 19.0 Å². The Morgan fingerprint density at radius 3 is 2.25 bits per heavy atom. The van der Waals surface area contributed by atoms with Crippen LogP contribution in [0.2, 0.25) is 0 Å². The van der Waals surface area contributed by atoms with Crippen LogP contribution in [0.15, 0.2) is 12.1 Å². The summed E-state index contributed by atoms with van der Waals surface area (Å²) in [6.45, 7) is 4.57. The summed E-state index contributed by atoms with van der Waals surface area (Å²) >= 11 is 0. The second-order valence-electron chi connectivity index (χ2n) is 5.77. The molecule has 0 aromatic heterocycles. The molecular formula is C17H29ClN2O4. The Hall–Kier alpha value is -1.66. The number of nitrogens with one attached hydrogen (secondary N) is 1. The average molecular weight is 361 g/mol. The van der Waals surface area contributed by atoms with E-state index < -0.39 is 6.04 Å². The zero-order chi connectivity index (χ0) is 17.4. The van der Waals surface area contributed by atoms with Crippen LogP contribution in [-0.2, 0) is 11.2 Å². The van der Waals surface area contributed by atoms with Crippen LogP contribution in [0.25, 0.3) is 0 Å². The van der Waals surface area contributed by atoms with Crippen LogP contribution in [0, 0.1) is 5.92 Å². The van der Waals surface area contributed by atoms with Crippen molar-refractivity contribution in [2.45, 2.75) is 32.7 Å². The number of ether oxygens (including phenoxy) is 3. The average Bonchev–Trinajstić information content (AvgIpc) is 2.53. The monoisotopic (exact) mass is 360 g/mol.